The Morgan fingerprint density at radius 2 is 1.89 bits per heavy atom. The molecule has 2 unspecified atom stereocenters. The van der Waals surface area contributed by atoms with E-state index >= 15 is 0 Å². The van der Waals surface area contributed by atoms with Crippen molar-refractivity contribution < 1.29 is 5.11 Å². The van der Waals surface area contributed by atoms with E-state index in [1.165, 1.54) is 0 Å². The molecule has 5 heteroatoms. The molecule has 1 aliphatic rings. The predicted molar refractivity (Wildman–Crippen MR) is 77.5 cm³/mol. The molecule has 1 saturated carbocycles. The average Bonchev–Trinajstić information content (AvgIpc) is 2.34. The van der Waals surface area contributed by atoms with Gasteiger partial charge in [0.15, 0.2) is 0 Å². The molecule has 1 heterocycles. The second kappa shape index (κ2) is 4.96. The van der Waals surface area contributed by atoms with Crippen LogP contribution in [0.2, 0.25) is 0 Å². The third-order valence-corrected chi connectivity index (χ3v) is 4.13. The summed E-state index contributed by atoms with van der Waals surface area (Å²) in [6.07, 6.45) is 0.535. The summed E-state index contributed by atoms with van der Waals surface area (Å²) in [6, 6.07) is 0.255. The number of rotatable bonds is 4. The first-order valence-electron chi connectivity index (χ1n) is 6.90. The van der Waals surface area contributed by atoms with Crippen LogP contribution in [0.1, 0.15) is 38.6 Å². The van der Waals surface area contributed by atoms with E-state index in [0.717, 1.165) is 36.0 Å². The Balaban J connectivity index is 2.21. The lowest BCUT2D eigenvalue weighted by atomic mass is 9.64. The maximum absolute atomic E-state index is 9.80. The van der Waals surface area contributed by atoms with E-state index in [2.05, 4.69) is 41.4 Å². The van der Waals surface area contributed by atoms with Gasteiger partial charge < -0.3 is 15.7 Å². The molecule has 106 valence electrons. The third kappa shape index (κ3) is 2.52. The van der Waals surface area contributed by atoms with Gasteiger partial charge in [0.25, 0.3) is 0 Å². The number of aliphatic hydroxyl groups excluding tert-OH is 1. The van der Waals surface area contributed by atoms with Crippen LogP contribution in [-0.4, -0.2) is 33.8 Å². The first kappa shape index (κ1) is 14.1. The number of hydrogen-bond acceptors (Lipinski definition) is 5. The van der Waals surface area contributed by atoms with Crippen LogP contribution in [0, 0.1) is 19.3 Å². The fourth-order valence-corrected chi connectivity index (χ4v) is 2.42. The fraction of sp³-hybridized carbons (Fsp3) is 0.714. The van der Waals surface area contributed by atoms with Crippen molar-refractivity contribution in [3.05, 3.63) is 11.4 Å². The smallest absolute Gasteiger partial charge is 0.135 e. The van der Waals surface area contributed by atoms with Gasteiger partial charge in [-0.05, 0) is 27.2 Å². The number of anilines is 2. The van der Waals surface area contributed by atoms with Crippen molar-refractivity contribution in [1.29, 1.82) is 0 Å². The van der Waals surface area contributed by atoms with Crippen LogP contribution in [0.15, 0.2) is 0 Å². The summed E-state index contributed by atoms with van der Waals surface area (Å²) in [4.78, 5) is 8.90. The normalized spacial score (nSPS) is 24.7. The lowest BCUT2D eigenvalue weighted by Crippen LogP contribution is -2.57. The highest BCUT2D eigenvalue weighted by atomic mass is 16.3. The van der Waals surface area contributed by atoms with Crippen LogP contribution in [-0.2, 0) is 0 Å². The van der Waals surface area contributed by atoms with Gasteiger partial charge in [-0.1, -0.05) is 13.8 Å². The summed E-state index contributed by atoms with van der Waals surface area (Å²) in [5, 5.41) is 16.5. The third-order valence-electron chi connectivity index (χ3n) is 4.13. The highest BCUT2D eigenvalue weighted by Crippen LogP contribution is 2.42. The van der Waals surface area contributed by atoms with E-state index in [0.29, 0.717) is 0 Å². The lowest BCUT2D eigenvalue weighted by Gasteiger charge is -2.49. The monoisotopic (exact) mass is 264 g/mol. The minimum atomic E-state index is -0.235. The minimum absolute atomic E-state index is 0.107. The van der Waals surface area contributed by atoms with Crippen LogP contribution in [0.25, 0.3) is 0 Å². The molecular formula is C14H24N4O. The Morgan fingerprint density at radius 1 is 1.26 bits per heavy atom. The van der Waals surface area contributed by atoms with E-state index in [9.17, 15) is 5.11 Å². The molecule has 1 aliphatic carbocycles. The molecule has 19 heavy (non-hydrogen) atoms. The van der Waals surface area contributed by atoms with Crippen molar-refractivity contribution >= 4 is 11.6 Å². The lowest BCUT2D eigenvalue weighted by molar-refractivity contribution is -0.0511. The molecule has 0 spiro atoms. The van der Waals surface area contributed by atoms with Crippen molar-refractivity contribution in [3.8, 4) is 0 Å². The first-order chi connectivity index (χ1) is 8.86. The molecule has 0 aliphatic heterocycles. The summed E-state index contributed by atoms with van der Waals surface area (Å²) < 4.78 is 0. The van der Waals surface area contributed by atoms with E-state index in [1.807, 2.05) is 13.8 Å². The van der Waals surface area contributed by atoms with Crippen LogP contribution < -0.4 is 10.6 Å². The predicted octanol–water partition coefficient (Wildman–Crippen LogP) is 2.10. The number of nitrogens with zero attached hydrogens (tertiary/aromatic N) is 2. The summed E-state index contributed by atoms with van der Waals surface area (Å²) in [6.45, 7) is 11.0. The van der Waals surface area contributed by atoms with Crippen LogP contribution >= 0.6 is 0 Å². The van der Waals surface area contributed by atoms with Crippen LogP contribution in [0.5, 0.6) is 0 Å². The highest BCUT2D eigenvalue weighted by Gasteiger charge is 2.47. The van der Waals surface area contributed by atoms with E-state index < -0.39 is 0 Å². The first-order valence-corrected chi connectivity index (χ1v) is 6.90. The molecule has 2 atom stereocenters. The molecule has 2 rings (SSSR count). The number of nitrogens with one attached hydrogen (secondary N) is 2. The van der Waals surface area contributed by atoms with Gasteiger partial charge in [-0.3, -0.25) is 0 Å². The summed E-state index contributed by atoms with van der Waals surface area (Å²) in [7, 11) is 0. The van der Waals surface area contributed by atoms with E-state index in [1.54, 1.807) is 0 Å². The van der Waals surface area contributed by atoms with Gasteiger partial charge in [0.2, 0.25) is 0 Å². The van der Waals surface area contributed by atoms with Crippen molar-refractivity contribution in [3.63, 3.8) is 0 Å². The van der Waals surface area contributed by atoms with Crippen molar-refractivity contribution in [2.45, 2.75) is 53.2 Å². The number of aromatic nitrogens is 2. The maximum atomic E-state index is 9.80. The Kier molecular flexibility index (Phi) is 3.67. The van der Waals surface area contributed by atoms with Gasteiger partial charge >= 0.3 is 0 Å². The molecule has 0 radical (unpaired) electrons. The Hall–Kier alpha value is -1.36. The second-order valence-electron chi connectivity index (χ2n) is 5.89. The van der Waals surface area contributed by atoms with Crippen LogP contribution in [0.4, 0.5) is 11.6 Å². The molecule has 0 aromatic carbocycles. The zero-order chi connectivity index (χ0) is 14.2. The summed E-state index contributed by atoms with van der Waals surface area (Å²) >= 11 is 0. The Bertz CT molecular complexity index is 473. The Labute approximate surface area is 114 Å². The molecule has 1 aromatic heterocycles. The largest absolute Gasteiger partial charge is 0.392 e. The molecule has 5 nitrogen and oxygen atoms in total. The molecule has 0 bridgehead atoms. The van der Waals surface area contributed by atoms with Crippen molar-refractivity contribution in [2.24, 2.45) is 5.41 Å². The standard InChI is InChI=1S/C14H24N4O/c1-6-15-12-8(2)13(17-9(3)16-12)18-10-7-11(19)14(10,4)5/h10-11,19H,6-7H2,1-5H3,(H2,15,16,17,18). The minimum Gasteiger partial charge on any atom is -0.392 e. The van der Waals surface area contributed by atoms with Gasteiger partial charge in [0, 0.05) is 23.6 Å². The Morgan fingerprint density at radius 3 is 2.42 bits per heavy atom. The maximum Gasteiger partial charge on any atom is 0.135 e. The molecule has 0 saturated heterocycles. The van der Waals surface area contributed by atoms with Gasteiger partial charge in [-0.25, -0.2) is 9.97 Å². The molecular weight excluding hydrogens is 240 g/mol. The summed E-state index contributed by atoms with van der Waals surface area (Å²) in [5.41, 5.74) is 0.925. The second-order valence-corrected chi connectivity index (χ2v) is 5.89. The molecule has 3 N–H and O–H groups in total. The topological polar surface area (TPSA) is 70.1 Å². The fourth-order valence-electron chi connectivity index (χ4n) is 2.42. The molecule has 1 aromatic rings. The SMILES string of the molecule is CCNc1nc(C)nc(NC2CC(O)C2(C)C)c1C. The molecule has 1 fully saturated rings. The summed E-state index contributed by atoms with van der Waals surface area (Å²) in [5.74, 6) is 2.50. The highest BCUT2D eigenvalue weighted by molar-refractivity contribution is 5.58. The van der Waals surface area contributed by atoms with E-state index in [4.69, 9.17) is 0 Å². The zero-order valence-corrected chi connectivity index (χ0v) is 12.4. The van der Waals surface area contributed by atoms with Gasteiger partial charge in [0.05, 0.1) is 6.10 Å². The van der Waals surface area contributed by atoms with Gasteiger partial charge in [0.1, 0.15) is 17.5 Å². The van der Waals surface area contributed by atoms with Crippen LogP contribution in [0.3, 0.4) is 0 Å². The van der Waals surface area contributed by atoms with Crippen molar-refractivity contribution in [1.82, 2.24) is 9.97 Å². The van der Waals surface area contributed by atoms with Gasteiger partial charge in [-0.15, -0.1) is 0 Å². The number of hydrogen-bond donors (Lipinski definition) is 3. The molecule has 0 amide bonds. The average molecular weight is 264 g/mol. The van der Waals surface area contributed by atoms with Gasteiger partial charge in [-0.2, -0.15) is 0 Å². The van der Waals surface area contributed by atoms with Crippen molar-refractivity contribution in [2.75, 3.05) is 17.2 Å². The number of aryl methyl sites for hydroxylation is 1. The zero-order valence-electron chi connectivity index (χ0n) is 12.4. The number of aliphatic hydroxyl groups is 1. The van der Waals surface area contributed by atoms with E-state index in [-0.39, 0.29) is 17.6 Å². The quantitative estimate of drug-likeness (QED) is 0.777.